The summed E-state index contributed by atoms with van der Waals surface area (Å²) in [4.78, 5) is 11.8. The van der Waals surface area contributed by atoms with Crippen molar-refractivity contribution in [3.63, 3.8) is 0 Å². The Morgan fingerprint density at radius 1 is 1.04 bits per heavy atom. The third-order valence-corrected chi connectivity index (χ3v) is 5.00. The second-order valence-electron chi connectivity index (χ2n) is 6.14. The number of hydrogen-bond acceptors (Lipinski definition) is 2. The quantitative estimate of drug-likeness (QED) is 0.453. The van der Waals surface area contributed by atoms with Crippen molar-refractivity contribution in [2.24, 2.45) is 0 Å². The van der Waals surface area contributed by atoms with Crippen molar-refractivity contribution in [1.29, 1.82) is 0 Å². The zero-order valence-electron chi connectivity index (χ0n) is 14.3. The molecule has 0 spiro atoms. The highest BCUT2D eigenvalue weighted by atomic mass is 79.9. The van der Waals surface area contributed by atoms with Crippen molar-refractivity contribution in [2.75, 3.05) is 0 Å². The van der Waals surface area contributed by atoms with Crippen LogP contribution in [0.4, 0.5) is 0 Å². The van der Waals surface area contributed by atoms with Crippen LogP contribution in [0.15, 0.2) is 83.6 Å². The van der Waals surface area contributed by atoms with Gasteiger partial charge in [-0.25, -0.2) is 4.79 Å². The predicted molar refractivity (Wildman–Crippen MR) is 108 cm³/mol. The topological polar surface area (TPSA) is 50.9 Å². The Bertz CT molecular complexity index is 1120. The minimum absolute atomic E-state index is 0.292. The summed E-state index contributed by atoms with van der Waals surface area (Å²) in [6.07, 6.45) is 3.68. The molecule has 27 heavy (non-hydrogen) atoms. The summed E-state index contributed by atoms with van der Waals surface area (Å²) < 4.78 is 8.49. The number of ether oxygens (including phenoxy) is 1. The molecule has 0 aliphatic heterocycles. The molecule has 134 valence electrons. The molecule has 5 heteroatoms. The van der Waals surface area contributed by atoms with Gasteiger partial charge in [0.25, 0.3) is 0 Å². The van der Waals surface area contributed by atoms with E-state index in [9.17, 15) is 9.90 Å². The number of benzene rings is 2. The van der Waals surface area contributed by atoms with E-state index in [1.807, 2.05) is 77.5 Å². The molecular weight excluding hydrogens is 406 g/mol. The van der Waals surface area contributed by atoms with Crippen LogP contribution < -0.4 is 4.74 Å². The van der Waals surface area contributed by atoms with E-state index in [0.29, 0.717) is 29.0 Å². The Kier molecular flexibility index (Phi) is 4.69. The van der Waals surface area contributed by atoms with Crippen LogP contribution in [0.3, 0.4) is 0 Å². The average molecular weight is 422 g/mol. The molecular formula is C22H16BrNO3. The molecule has 4 nitrogen and oxygen atoms in total. The lowest BCUT2D eigenvalue weighted by molar-refractivity contribution is 0.0700. The summed E-state index contributed by atoms with van der Waals surface area (Å²) >= 11 is 3.54. The maximum Gasteiger partial charge on any atom is 0.338 e. The number of rotatable bonds is 5. The first-order chi connectivity index (χ1) is 13.1. The Labute approximate surface area is 164 Å². The van der Waals surface area contributed by atoms with Crippen molar-refractivity contribution in [1.82, 2.24) is 4.40 Å². The Hall–Kier alpha value is -3.05. The smallest absolute Gasteiger partial charge is 0.338 e. The zero-order valence-corrected chi connectivity index (χ0v) is 15.9. The molecule has 2 aromatic heterocycles. The lowest BCUT2D eigenvalue weighted by Crippen LogP contribution is -1.98. The van der Waals surface area contributed by atoms with Crippen molar-refractivity contribution < 1.29 is 14.6 Å². The molecule has 0 bridgehead atoms. The van der Waals surface area contributed by atoms with E-state index >= 15 is 0 Å². The number of halogens is 1. The number of aromatic carboxylic acids is 1. The molecule has 0 fully saturated rings. The fourth-order valence-corrected chi connectivity index (χ4v) is 3.58. The molecule has 0 aliphatic carbocycles. The summed E-state index contributed by atoms with van der Waals surface area (Å²) in [7, 11) is 0. The fourth-order valence-electron chi connectivity index (χ4n) is 3.09. The van der Waals surface area contributed by atoms with Gasteiger partial charge in [0.05, 0.1) is 15.6 Å². The van der Waals surface area contributed by atoms with Gasteiger partial charge < -0.3 is 14.2 Å². The lowest BCUT2D eigenvalue weighted by Gasteiger charge is -2.10. The van der Waals surface area contributed by atoms with E-state index in [1.165, 1.54) is 0 Å². The van der Waals surface area contributed by atoms with E-state index in [2.05, 4.69) is 15.9 Å². The SMILES string of the molecule is O=C(O)c1c(-c2ccc(OCc3ccccc3)c(Br)c2)cn2ccccc12. The van der Waals surface area contributed by atoms with Gasteiger partial charge in [0.1, 0.15) is 12.4 Å². The maximum atomic E-state index is 11.8. The third kappa shape index (κ3) is 3.46. The fraction of sp³-hybridized carbons (Fsp3) is 0.0455. The van der Waals surface area contributed by atoms with E-state index in [-0.39, 0.29) is 0 Å². The number of fused-ring (bicyclic) bond motifs is 1. The van der Waals surface area contributed by atoms with E-state index in [0.717, 1.165) is 15.6 Å². The molecule has 2 heterocycles. The number of pyridine rings is 1. The molecule has 0 amide bonds. The standard InChI is InChI=1S/C22H16BrNO3/c23-18-12-16(9-10-20(18)27-14-15-6-2-1-3-7-15)17-13-24-11-5-4-8-19(24)21(17)22(25)26/h1-13H,14H2,(H,25,26). The second-order valence-corrected chi connectivity index (χ2v) is 6.99. The molecule has 4 rings (SSSR count). The molecule has 1 N–H and O–H groups in total. The van der Waals surface area contributed by atoms with E-state index < -0.39 is 5.97 Å². The van der Waals surface area contributed by atoms with Gasteiger partial charge in [-0.3, -0.25) is 0 Å². The Morgan fingerprint density at radius 2 is 1.81 bits per heavy atom. The first-order valence-electron chi connectivity index (χ1n) is 8.43. The van der Waals surface area contributed by atoms with Crippen LogP contribution in [0.5, 0.6) is 5.75 Å². The number of carboxylic acids is 1. The van der Waals surface area contributed by atoms with Crippen LogP contribution in [-0.4, -0.2) is 15.5 Å². The highest BCUT2D eigenvalue weighted by Crippen LogP contribution is 2.34. The summed E-state index contributed by atoms with van der Waals surface area (Å²) in [6, 6.07) is 21.1. The summed E-state index contributed by atoms with van der Waals surface area (Å²) in [5.41, 5.74) is 3.53. The number of hydrogen-bond donors (Lipinski definition) is 1. The van der Waals surface area contributed by atoms with Crippen molar-refractivity contribution in [3.8, 4) is 16.9 Å². The van der Waals surface area contributed by atoms with Gasteiger partial charge in [0.15, 0.2) is 0 Å². The number of carbonyl (C=O) groups is 1. The molecule has 0 aliphatic rings. The summed E-state index contributed by atoms with van der Waals surface area (Å²) in [5.74, 6) is -0.234. The van der Waals surface area contributed by atoms with Crippen LogP contribution in [0, 0.1) is 0 Å². The van der Waals surface area contributed by atoms with Gasteiger partial charge in [-0.1, -0.05) is 42.5 Å². The Balaban J connectivity index is 1.67. The monoisotopic (exact) mass is 421 g/mol. The van der Waals surface area contributed by atoms with Gasteiger partial charge in [-0.05, 0) is 51.3 Å². The molecule has 4 aromatic rings. The second kappa shape index (κ2) is 7.29. The highest BCUT2D eigenvalue weighted by Gasteiger charge is 2.19. The van der Waals surface area contributed by atoms with Gasteiger partial charge in [-0.2, -0.15) is 0 Å². The average Bonchev–Trinajstić information content (AvgIpc) is 3.07. The Morgan fingerprint density at radius 3 is 2.56 bits per heavy atom. The molecule has 0 saturated heterocycles. The number of aromatic nitrogens is 1. The van der Waals surface area contributed by atoms with Crippen LogP contribution >= 0.6 is 15.9 Å². The predicted octanol–water partition coefficient (Wildman–Crippen LogP) is 5.65. The minimum Gasteiger partial charge on any atom is -0.488 e. The van der Waals surface area contributed by atoms with Gasteiger partial charge >= 0.3 is 5.97 Å². The third-order valence-electron chi connectivity index (χ3n) is 4.38. The normalized spacial score (nSPS) is 10.9. The van der Waals surface area contributed by atoms with Crippen molar-refractivity contribution >= 4 is 27.4 Å². The maximum absolute atomic E-state index is 11.8. The largest absolute Gasteiger partial charge is 0.488 e. The van der Waals surface area contributed by atoms with Gasteiger partial charge in [0, 0.05) is 18.0 Å². The van der Waals surface area contributed by atoms with Crippen molar-refractivity contribution in [2.45, 2.75) is 6.61 Å². The highest BCUT2D eigenvalue weighted by molar-refractivity contribution is 9.10. The van der Waals surface area contributed by atoms with Crippen LogP contribution in [0.25, 0.3) is 16.6 Å². The number of nitrogens with zero attached hydrogens (tertiary/aromatic N) is 1. The zero-order chi connectivity index (χ0) is 18.8. The van der Waals surface area contributed by atoms with E-state index in [1.54, 1.807) is 6.07 Å². The first-order valence-corrected chi connectivity index (χ1v) is 9.22. The lowest BCUT2D eigenvalue weighted by atomic mass is 10.0. The first kappa shape index (κ1) is 17.4. The van der Waals surface area contributed by atoms with Crippen LogP contribution in [-0.2, 0) is 6.61 Å². The molecule has 0 saturated carbocycles. The van der Waals surface area contributed by atoms with Gasteiger partial charge in [0.2, 0.25) is 0 Å². The summed E-state index contributed by atoms with van der Waals surface area (Å²) in [6.45, 7) is 0.468. The molecule has 2 aromatic carbocycles. The summed E-state index contributed by atoms with van der Waals surface area (Å²) in [5, 5.41) is 9.70. The van der Waals surface area contributed by atoms with Gasteiger partial charge in [-0.15, -0.1) is 0 Å². The minimum atomic E-state index is -0.945. The van der Waals surface area contributed by atoms with Crippen LogP contribution in [0.2, 0.25) is 0 Å². The van der Waals surface area contributed by atoms with Crippen molar-refractivity contribution in [3.05, 3.63) is 94.7 Å². The molecule has 0 radical (unpaired) electrons. The molecule has 0 atom stereocenters. The van der Waals surface area contributed by atoms with E-state index in [4.69, 9.17) is 4.74 Å². The molecule has 0 unspecified atom stereocenters. The van der Waals surface area contributed by atoms with Crippen LogP contribution in [0.1, 0.15) is 15.9 Å². The number of carboxylic acid groups (broad SMARTS) is 1.